The molecule has 3 N–H and O–H groups in total. The Morgan fingerprint density at radius 1 is 1.14 bits per heavy atom. The van der Waals surface area contributed by atoms with Crippen molar-refractivity contribution in [2.45, 2.75) is 12.5 Å². The Hall–Kier alpha value is -2.11. The van der Waals surface area contributed by atoms with Crippen molar-refractivity contribution in [1.29, 1.82) is 0 Å². The average Bonchev–Trinajstić information content (AvgIpc) is 2.53. The molecule has 2 aromatic rings. The van der Waals surface area contributed by atoms with Crippen LogP contribution in [0.4, 0.5) is 4.39 Å². The fourth-order valence-corrected chi connectivity index (χ4v) is 2.20. The molecule has 21 heavy (non-hydrogen) atoms. The van der Waals surface area contributed by atoms with E-state index in [4.69, 9.17) is 15.3 Å². The summed E-state index contributed by atoms with van der Waals surface area (Å²) in [7, 11) is 3.07. The van der Waals surface area contributed by atoms with Crippen LogP contribution in [0.3, 0.4) is 0 Å². The molecule has 2 rings (SSSR count). The van der Waals surface area contributed by atoms with Gasteiger partial charge in [-0.15, -0.1) is 0 Å². The Morgan fingerprint density at radius 3 is 2.62 bits per heavy atom. The highest BCUT2D eigenvalue weighted by Gasteiger charge is 2.14. The van der Waals surface area contributed by atoms with Gasteiger partial charge in [0.1, 0.15) is 5.75 Å². The van der Waals surface area contributed by atoms with E-state index in [1.165, 1.54) is 13.2 Å². The number of halogens is 1. The second kappa shape index (κ2) is 7.06. The molecule has 0 heterocycles. The molecule has 0 saturated heterocycles. The molecule has 0 amide bonds. The van der Waals surface area contributed by atoms with E-state index < -0.39 is 5.82 Å². The first-order valence-electron chi connectivity index (χ1n) is 6.60. The highest BCUT2D eigenvalue weighted by atomic mass is 19.1. The molecule has 5 heteroatoms. The van der Waals surface area contributed by atoms with Gasteiger partial charge >= 0.3 is 0 Å². The quantitative estimate of drug-likeness (QED) is 0.634. The molecule has 0 aromatic heterocycles. The average molecular weight is 290 g/mol. The Bertz CT molecular complexity index is 605. The lowest BCUT2D eigenvalue weighted by Crippen LogP contribution is -2.29. The van der Waals surface area contributed by atoms with Crippen LogP contribution in [0, 0.1) is 5.82 Å². The van der Waals surface area contributed by atoms with Crippen LogP contribution < -0.4 is 20.7 Å². The van der Waals surface area contributed by atoms with Crippen LogP contribution >= 0.6 is 0 Å². The first-order chi connectivity index (χ1) is 10.2. The molecule has 0 aliphatic carbocycles. The SMILES string of the molecule is COc1cccc(CC(NN)c2ccc(F)c(OC)c2)c1. The third-order valence-corrected chi connectivity index (χ3v) is 3.35. The topological polar surface area (TPSA) is 56.5 Å². The Labute approximate surface area is 123 Å². The second-order valence-corrected chi connectivity index (χ2v) is 4.67. The zero-order chi connectivity index (χ0) is 15.2. The summed E-state index contributed by atoms with van der Waals surface area (Å²) in [5, 5.41) is 0. The molecule has 0 bridgehead atoms. The van der Waals surface area contributed by atoms with Crippen molar-refractivity contribution in [3.05, 3.63) is 59.4 Å². The Kier molecular flexibility index (Phi) is 5.14. The predicted molar refractivity (Wildman–Crippen MR) is 79.7 cm³/mol. The van der Waals surface area contributed by atoms with Crippen LogP contribution in [0.1, 0.15) is 17.2 Å². The first-order valence-corrected chi connectivity index (χ1v) is 6.60. The molecule has 0 spiro atoms. The molecule has 0 fully saturated rings. The molecule has 2 aromatic carbocycles. The van der Waals surface area contributed by atoms with Gasteiger partial charge in [0, 0.05) is 0 Å². The van der Waals surface area contributed by atoms with Gasteiger partial charge in [-0.05, 0) is 41.8 Å². The maximum atomic E-state index is 13.5. The van der Waals surface area contributed by atoms with Crippen molar-refractivity contribution in [3.8, 4) is 11.5 Å². The van der Waals surface area contributed by atoms with Crippen LogP contribution in [0.2, 0.25) is 0 Å². The summed E-state index contributed by atoms with van der Waals surface area (Å²) in [5.74, 6) is 6.25. The highest BCUT2D eigenvalue weighted by molar-refractivity contribution is 5.34. The number of hydrogen-bond donors (Lipinski definition) is 2. The monoisotopic (exact) mass is 290 g/mol. The standard InChI is InChI=1S/C16H19FN2O2/c1-20-13-5-3-4-11(8-13)9-15(19-18)12-6-7-14(17)16(10-12)21-2/h3-8,10,15,19H,9,18H2,1-2H3. The van der Waals surface area contributed by atoms with E-state index in [1.54, 1.807) is 19.2 Å². The summed E-state index contributed by atoms with van der Waals surface area (Å²) in [5.41, 5.74) is 4.69. The van der Waals surface area contributed by atoms with Crippen molar-refractivity contribution in [3.63, 3.8) is 0 Å². The van der Waals surface area contributed by atoms with Crippen LogP contribution in [-0.4, -0.2) is 14.2 Å². The van der Waals surface area contributed by atoms with Crippen molar-refractivity contribution < 1.29 is 13.9 Å². The minimum atomic E-state index is -0.390. The van der Waals surface area contributed by atoms with E-state index in [-0.39, 0.29) is 11.8 Å². The van der Waals surface area contributed by atoms with E-state index in [2.05, 4.69) is 5.43 Å². The maximum Gasteiger partial charge on any atom is 0.165 e. The van der Waals surface area contributed by atoms with E-state index >= 15 is 0 Å². The third-order valence-electron chi connectivity index (χ3n) is 3.35. The maximum absolute atomic E-state index is 13.5. The van der Waals surface area contributed by atoms with Crippen molar-refractivity contribution in [1.82, 2.24) is 5.43 Å². The predicted octanol–water partition coefficient (Wildman–Crippen LogP) is 2.59. The number of benzene rings is 2. The molecule has 112 valence electrons. The lowest BCUT2D eigenvalue weighted by atomic mass is 9.99. The third kappa shape index (κ3) is 3.71. The molecule has 0 aliphatic heterocycles. The summed E-state index contributed by atoms with van der Waals surface area (Å²) in [6.07, 6.45) is 0.655. The van der Waals surface area contributed by atoms with Gasteiger partial charge in [0.2, 0.25) is 0 Å². The number of ether oxygens (including phenoxy) is 2. The van der Waals surface area contributed by atoms with Crippen LogP contribution in [0.25, 0.3) is 0 Å². The molecule has 4 nitrogen and oxygen atoms in total. The van der Waals surface area contributed by atoms with Gasteiger partial charge in [-0.25, -0.2) is 4.39 Å². The Morgan fingerprint density at radius 2 is 1.95 bits per heavy atom. The molecular formula is C16H19FN2O2. The largest absolute Gasteiger partial charge is 0.497 e. The summed E-state index contributed by atoms with van der Waals surface area (Å²) >= 11 is 0. The summed E-state index contributed by atoms with van der Waals surface area (Å²) in [6, 6.07) is 12.3. The van der Waals surface area contributed by atoms with E-state index in [9.17, 15) is 4.39 Å². The first kappa shape index (κ1) is 15.3. The summed E-state index contributed by atoms with van der Waals surface area (Å²) in [4.78, 5) is 0. The van der Waals surface area contributed by atoms with Gasteiger partial charge < -0.3 is 9.47 Å². The number of methoxy groups -OCH3 is 2. The normalized spacial score (nSPS) is 12.0. The number of hydrazine groups is 1. The van der Waals surface area contributed by atoms with Gasteiger partial charge in [-0.1, -0.05) is 18.2 Å². The minimum absolute atomic E-state index is 0.147. The Balaban J connectivity index is 2.23. The van der Waals surface area contributed by atoms with Crippen molar-refractivity contribution >= 4 is 0 Å². The minimum Gasteiger partial charge on any atom is -0.497 e. The molecule has 1 unspecified atom stereocenters. The summed E-state index contributed by atoms with van der Waals surface area (Å²) in [6.45, 7) is 0. The second-order valence-electron chi connectivity index (χ2n) is 4.67. The molecule has 0 radical (unpaired) electrons. The molecule has 0 aliphatic rings. The van der Waals surface area contributed by atoms with E-state index in [1.807, 2.05) is 24.3 Å². The van der Waals surface area contributed by atoms with Gasteiger partial charge in [0.05, 0.1) is 20.3 Å². The van der Waals surface area contributed by atoms with Crippen LogP contribution in [-0.2, 0) is 6.42 Å². The zero-order valence-electron chi connectivity index (χ0n) is 12.1. The van der Waals surface area contributed by atoms with E-state index in [0.717, 1.165) is 16.9 Å². The van der Waals surface area contributed by atoms with Gasteiger partial charge in [0.25, 0.3) is 0 Å². The zero-order valence-corrected chi connectivity index (χ0v) is 12.1. The van der Waals surface area contributed by atoms with Gasteiger partial charge in [-0.3, -0.25) is 11.3 Å². The highest BCUT2D eigenvalue weighted by Crippen LogP contribution is 2.25. The molecule has 1 atom stereocenters. The van der Waals surface area contributed by atoms with Crippen molar-refractivity contribution in [2.24, 2.45) is 5.84 Å². The lowest BCUT2D eigenvalue weighted by Gasteiger charge is -2.18. The van der Waals surface area contributed by atoms with Crippen molar-refractivity contribution in [2.75, 3.05) is 14.2 Å². The van der Waals surface area contributed by atoms with Gasteiger partial charge in [-0.2, -0.15) is 0 Å². The number of nitrogens with two attached hydrogens (primary N) is 1. The molecule has 0 saturated carbocycles. The molecular weight excluding hydrogens is 271 g/mol. The smallest absolute Gasteiger partial charge is 0.165 e. The number of rotatable bonds is 6. The summed E-state index contributed by atoms with van der Waals surface area (Å²) < 4.78 is 23.7. The fraction of sp³-hybridized carbons (Fsp3) is 0.250. The number of nitrogens with one attached hydrogen (secondary N) is 1. The van der Waals surface area contributed by atoms with Crippen LogP contribution in [0.5, 0.6) is 11.5 Å². The fourth-order valence-electron chi connectivity index (χ4n) is 2.20. The van der Waals surface area contributed by atoms with Gasteiger partial charge in [0.15, 0.2) is 11.6 Å². The number of hydrogen-bond acceptors (Lipinski definition) is 4. The van der Waals surface area contributed by atoms with Crippen LogP contribution in [0.15, 0.2) is 42.5 Å². The van der Waals surface area contributed by atoms with E-state index in [0.29, 0.717) is 6.42 Å². The lowest BCUT2D eigenvalue weighted by molar-refractivity contribution is 0.384.